The largest absolute Gasteiger partial charge is 2.00 e. The summed E-state index contributed by atoms with van der Waals surface area (Å²) in [6, 6.07) is 48.0. The van der Waals surface area contributed by atoms with Crippen molar-refractivity contribution < 1.29 is 25.8 Å². The van der Waals surface area contributed by atoms with E-state index < -0.39 is 0 Å². The Balaban J connectivity index is 0.00000406. The van der Waals surface area contributed by atoms with E-state index in [0.29, 0.717) is 11.5 Å². The van der Waals surface area contributed by atoms with E-state index in [1.54, 1.807) is 11.8 Å². The van der Waals surface area contributed by atoms with Gasteiger partial charge in [0.15, 0.2) is 0 Å². The van der Waals surface area contributed by atoms with Crippen LogP contribution in [0.1, 0.15) is 64.3 Å². The number of aryl methyl sites for hydroxylation is 3. The summed E-state index contributed by atoms with van der Waals surface area (Å²) < 4.78 is 6.60. The van der Waals surface area contributed by atoms with E-state index in [4.69, 9.17) is 14.7 Å². The maximum absolute atomic E-state index is 6.60. The van der Waals surface area contributed by atoms with E-state index in [0.717, 1.165) is 50.2 Å². The Morgan fingerprint density at radius 3 is 2.08 bits per heavy atom. The van der Waals surface area contributed by atoms with Crippen LogP contribution in [0.2, 0.25) is 0 Å². The van der Waals surface area contributed by atoms with Gasteiger partial charge < -0.3 is 14.6 Å². The predicted octanol–water partition coefficient (Wildman–Crippen LogP) is 11.2. The average Bonchev–Trinajstić information content (AvgIpc) is 3.59. The van der Waals surface area contributed by atoms with Crippen molar-refractivity contribution in [3.05, 3.63) is 178 Å². The van der Waals surface area contributed by atoms with Crippen LogP contribution in [0.3, 0.4) is 0 Å². The Bertz CT molecular complexity index is 2200. The number of anilines is 3. The number of hydrogen-bond acceptors (Lipinski definition) is 5. The summed E-state index contributed by atoms with van der Waals surface area (Å²) in [5.74, 6) is 3.29. The van der Waals surface area contributed by atoms with Crippen LogP contribution in [0.5, 0.6) is 11.5 Å². The molecular formula is C45H39N3OPtS. The minimum Gasteiger partial charge on any atom is -0.503 e. The fraction of sp³-hybridized carbons (Fsp3) is 0.200. The first-order valence-electron chi connectivity index (χ1n) is 17.2. The van der Waals surface area contributed by atoms with Crippen molar-refractivity contribution in [2.24, 2.45) is 4.99 Å². The molecule has 0 bridgehead atoms. The van der Waals surface area contributed by atoms with Gasteiger partial charge in [0.05, 0.1) is 6.04 Å². The summed E-state index contributed by atoms with van der Waals surface area (Å²) in [5, 5.41) is 1.000. The molecule has 2 aliphatic heterocycles. The maximum atomic E-state index is 6.60. The number of benzene rings is 5. The Labute approximate surface area is 320 Å². The molecule has 0 spiro atoms. The van der Waals surface area contributed by atoms with Crippen LogP contribution >= 0.6 is 11.8 Å². The molecule has 0 aliphatic carbocycles. The molecule has 3 heterocycles. The maximum Gasteiger partial charge on any atom is 2.00 e. The second-order valence-corrected chi connectivity index (χ2v) is 14.9. The van der Waals surface area contributed by atoms with Gasteiger partial charge in [-0.1, -0.05) is 124 Å². The molecule has 0 fully saturated rings. The van der Waals surface area contributed by atoms with Crippen molar-refractivity contribution in [3.63, 3.8) is 0 Å². The summed E-state index contributed by atoms with van der Waals surface area (Å²) in [6.45, 7) is 10.9. The average molecular weight is 865 g/mol. The molecule has 256 valence electrons. The number of fused-ring (bicyclic) bond motifs is 2. The number of hydrogen-bond donors (Lipinski definition) is 0. The molecule has 4 nitrogen and oxygen atoms in total. The standard InChI is InChI=1S/C45H39N3OS.Pt/c1-29-20-34(44-47-40(28-50-44)42(32-14-8-6-9-15-32)33-16-10-7-11-17-33)25-36(22-29)49-37-23-30(2)21-35(26-37)48-41-19-13-12-18-38(41)45(4,5)39-24-31(3)27-46-43(39)48;/h6-24,27,40,42H,28H2,1-5H3;/q-2;+2/t40-;/m0./s1. The Kier molecular flexibility index (Phi) is 9.80. The number of pyridine rings is 1. The molecule has 0 saturated carbocycles. The second-order valence-electron chi connectivity index (χ2n) is 13.9. The van der Waals surface area contributed by atoms with Gasteiger partial charge in [0.2, 0.25) is 0 Å². The Morgan fingerprint density at radius 2 is 1.37 bits per heavy atom. The molecule has 0 N–H and O–H groups in total. The molecule has 2 aliphatic rings. The Morgan fingerprint density at radius 1 is 0.745 bits per heavy atom. The first-order valence-corrected chi connectivity index (χ1v) is 18.2. The molecule has 0 unspecified atom stereocenters. The predicted molar refractivity (Wildman–Crippen MR) is 207 cm³/mol. The summed E-state index contributed by atoms with van der Waals surface area (Å²) >= 11 is 1.80. The van der Waals surface area contributed by atoms with Crippen molar-refractivity contribution >= 4 is 34.0 Å². The smallest absolute Gasteiger partial charge is 0.503 e. The van der Waals surface area contributed by atoms with Gasteiger partial charge in [-0.2, -0.15) is 17.3 Å². The SMILES string of the molecule is Cc1cc(Oc2[c-]c(N3c4ccccc4C(C)(C)c4cc(C)cnc43)cc(C)c2)[c-]c(C2=N[C@H](C(c3ccccc3)c3ccccc3)CS2)c1.[Pt+2]. The monoisotopic (exact) mass is 864 g/mol. The molecule has 1 aromatic heterocycles. The molecule has 1 atom stereocenters. The van der Waals surface area contributed by atoms with Crippen LogP contribution in [0.4, 0.5) is 17.2 Å². The van der Waals surface area contributed by atoms with E-state index in [2.05, 4.69) is 155 Å². The molecular weight excluding hydrogens is 826 g/mol. The third-order valence-electron chi connectivity index (χ3n) is 9.74. The number of thioether (sulfide) groups is 1. The third kappa shape index (κ3) is 6.82. The number of nitrogens with zero attached hydrogens (tertiary/aromatic N) is 3. The fourth-order valence-electron chi connectivity index (χ4n) is 7.37. The van der Waals surface area contributed by atoms with Crippen molar-refractivity contribution in [2.75, 3.05) is 10.7 Å². The van der Waals surface area contributed by atoms with Crippen LogP contribution in [-0.4, -0.2) is 21.8 Å². The molecule has 0 radical (unpaired) electrons. The molecule has 0 saturated heterocycles. The normalized spacial score (nSPS) is 15.8. The van der Waals surface area contributed by atoms with E-state index in [-0.39, 0.29) is 38.4 Å². The number of aliphatic imine (C=N–C) groups is 1. The van der Waals surface area contributed by atoms with Gasteiger partial charge in [-0.3, -0.25) is 0 Å². The van der Waals surface area contributed by atoms with Gasteiger partial charge in [-0.05, 0) is 41.3 Å². The van der Waals surface area contributed by atoms with Crippen molar-refractivity contribution in [2.45, 2.75) is 52.0 Å². The third-order valence-corrected chi connectivity index (χ3v) is 10.8. The minimum absolute atomic E-state index is 0. The van der Waals surface area contributed by atoms with E-state index in [1.807, 2.05) is 18.3 Å². The molecule has 8 rings (SSSR count). The van der Waals surface area contributed by atoms with Crippen molar-refractivity contribution in [1.82, 2.24) is 4.98 Å². The van der Waals surface area contributed by atoms with E-state index in [9.17, 15) is 0 Å². The number of ether oxygens (including phenoxy) is 1. The second kappa shape index (κ2) is 14.3. The zero-order valence-corrected chi connectivity index (χ0v) is 32.5. The zero-order chi connectivity index (χ0) is 34.4. The minimum atomic E-state index is -0.195. The molecule has 0 amide bonds. The van der Waals surface area contributed by atoms with Crippen LogP contribution in [-0.2, 0) is 26.5 Å². The van der Waals surface area contributed by atoms with Crippen LogP contribution in [0, 0.1) is 32.9 Å². The van der Waals surface area contributed by atoms with Crippen molar-refractivity contribution in [3.8, 4) is 11.5 Å². The molecule has 6 aromatic rings. The van der Waals surface area contributed by atoms with Gasteiger partial charge in [0, 0.05) is 51.1 Å². The fourth-order valence-corrected chi connectivity index (χ4v) is 8.44. The number of rotatable bonds is 7. The molecule has 5 aromatic carbocycles. The van der Waals surface area contributed by atoms with Gasteiger partial charge >= 0.3 is 21.1 Å². The van der Waals surface area contributed by atoms with Crippen LogP contribution in [0.25, 0.3) is 0 Å². The van der Waals surface area contributed by atoms with Crippen molar-refractivity contribution in [1.29, 1.82) is 0 Å². The summed E-state index contributed by atoms with van der Waals surface area (Å²) in [5.41, 5.74) is 11.1. The first kappa shape index (κ1) is 35.0. The summed E-state index contributed by atoms with van der Waals surface area (Å²) in [7, 11) is 0. The van der Waals surface area contributed by atoms with Crippen LogP contribution in [0.15, 0.2) is 126 Å². The first-order chi connectivity index (χ1) is 24.2. The topological polar surface area (TPSA) is 37.7 Å². The summed E-state index contributed by atoms with van der Waals surface area (Å²) in [6.07, 6.45) is 1.95. The van der Waals surface area contributed by atoms with E-state index in [1.165, 1.54) is 22.3 Å². The quantitative estimate of drug-likeness (QED) is 0.150. The molecule has 6 heteroatoms. The van der Waals surface area contributed by atoms with Gasteiger partial charge in [0.25, 0.3) is 0 Å². The van der Waals surface area contributed by atoms with Gasteiger partial charge in [-0.15, -0.1) is 35.4 Å². The van der Waals surface area contributed by atoms with Gasteiger partial charge in [0.1, 0.15) is 5.82 Å². The number of aromatic nitrogens is 1. The molecule has 51 heavy (non-hydrogen) atoms. The zero-order valence-electron chi connectivity index (χ0n) is 29.4. The summed E-state index contributed by atoms with van der Waals surface area (Å²) in [4.78, 5) is 12.5. The number of para-hydroxylation sites is 1. The van der Waals surface area contributed by atoms with E-state index >= 15 is 0 Å². The van der Waals surface area contributed by atoms with Crippen LogP contribution < -0.4 is 9.64 Å². The van der Waals surface area contributed by atoms with Gasteiger partial charge in [-0.25, -0.2) is 4.98 Å². The Hall–Kier alpha value is -4.44.